The molecule has 0 aliphatic rings. The molecule has 0 saturated carbocycles. The van der Waals surface area contributed by atoms with Gasteiger partial charge >= 0.3 is 0 Å². The quantitative estimate of drug-likeness (QED) is 0.719. The first-order valence-corrected chi connectivity index (χ1v) is 8.67. The van der Waals surface area contributed by atoms with Crippen molar-refractivity contribution in [3.63, 3.8) is 0 Å². The number of ether oxygens (including phenoxy) is 2. The van der Waals surface area contributed by atoms with Gasteiger partial charge in [0.1, 0.15) is 5.82 Å². The van der Waals surface area contributed by atoms with Crippen LogP contribution in [0.1, 0.15) is 24.0 Å². The summed E-state index contributed by atoms with van der Waals surface area (Å²) in [6.45, 7) is 3.91. The van der Waals surface area contributed by atoms with Gasteiger partial charge in [-0.15, -0.1) is 0 Å². The predicted molar refractivity (Wildman–Crippen MR) is 105 cm³/mol. The van der Waals surface area contributed by atoms with Gasteiger partial charge in [-0.2, -0.15) is 5.10 Å². The number of aromatic nitrogens is 2. The van der Waals surface area contributed by atoms with Crippen molar-refractivity contribution in [3.05, 3.63) is 65.9 Å². The average Bonchev–Trinajstić information content (AvgIpc) is 3.15. The van der Waals surface area contributed by atoms with Crippen LogP contribution in [-0.2, 0) is 4.79 Å². The van der Waals surface area contributed by atoms with Crippen molar-refractivity contribution >= 4 is 11.7 Å². The Balaban J connectivity index is 1.83. The number of hydrogen-bond acceptors (Lipinski definition) is 4. The fourth-order valence-corrected chi connectivity index (χ4v) is 2.80. The Morgan fingerprint density at radius 1 is 1.04 bits per heavy atom. The molecule has 0 bridgehead atoms. The minimum atomic E-state index is -0.278. The molecular formula is C21H23N3O3. The Morgan fingerprint density at radius 3 is 2.41 bits per heavy atom. The molecule has 27 heavy (non-hydrogen) atoms. The second-order valence-corrected chi connectivity index (χ2v) is 6.29. The number of aryl methyl sites for hydroxylation is 1. The molecule has 1 heterocycles. The second kappa shape index (κ2) is 7.95. The summed E-state index contributed by atoms with van der Waals surface area (Å²) < 4.78 is 12.3. The smallest absolute Gasteiger partial charge is 0.232 e. The standard InChI is InChI=1S/C21H23N3O3/c1-14-5-7-16(8-6-14)15(2)21(25)23-20-11-12-22-24(20)17-9-10-18(26-3)19(13-17)27-4/h5-13,15H,1-4H3,(H,23,25). The molecular weight excluding hydrogens is 342 g/mol. The van der Waals surface area contributed by atoms with E-state index in [1.165, 1.54) is 0 Å². The second-order valence-electron chi connectivity index (χ2n) is 6.29. The lowest BCUT2D eigenvalue weighted by atomic mass is 9.99. The van der Waals surface area contributed by atoms with Gasteiger partial charge in [-0.25, -0.2) is 4.68 Å². The normalized spacial score (nSPS) is 11.7. The van der Waals surface area contributed by atoms with Crippen molar-refractivity contribution in [2.75, 3.05) is 19.5 Å². The summed E-state index contributed by atoms with van der Waals surface area (Å²) in [6.07, 6.45) is 1.64. The van der Waals surface area contributed by atoms with Crippen LogP contribution < -0.4 is 14.8 Å². The van der Waals surface area contributed by atoms with Crippen molar-refractivity contribution in [2.45, 2.75) is 19.8 Å². The van der Waals surface area contributed by atoms with E-state index in [1.54, 1.807) is 37.2 Å². The highest BCUT2D eigenvalue weighted by Crippen LogP contribution is 2.30. The molecule has 6 nitrogen and oxygen atoms in total. The van der Waals surface area contributed by atoms with Gasteiger partial charge in [0.15, 0.2) is 11.5 Å². The topological polar surface area (TPSA) is 65.4 Å². The largest absolute Gasteiger partial charge is 0.493 e. The molecule has 1 N–H and O–H groups in total. The number of amides is 1. The number of anilines is 1. The molecule has 1 atom stereocenters. The Labute approximate surface area is 158 Å². The van der Waals surface area contributed by atoms with E-state index in [0.717, 1.165) is 16.8 Å². The van der Waals surface area contributed by atoms with Gasteiger partial charge in [0.25, 0.3) is 0 Å². The van der Waals surface area contributed by atoms with E-state index in [2.05, 4.69) is 10.4 Å². The van der Waals surface area contributed by atoms with Crippen LogP contribution in [0, 0.1) is 6.92 Å². The Hall–Kier alpha value is -3.28. The first kappa shape index (κ1) is 18.5. The lowest BCUT2D eigenvalue weighted by Crippen LogP contribution is -2.20. The van der Waals surface area contributed by atoms with Crippen LogP contribution in [0.3, 0.4) is 0 Å². The van der Waals surface area contributed by atoms with Gasteiger partial charge in [0.05, 0.1) is 32.0 Å². The van der Waals surface area contributed by atoms with Crippen LogP contribution in [0.4, 0.5) is 5.82 Å². The van der Waals surface area contributed by atoms with Gasteiger partial charge in [-0.3, -0.25) is 4.79 Å². The lowest BCUT2D eigenvalue weighted by molar-refractivity contribution is -0.117. The number of benzene rings is 2. The van der Waals surface area contributed by atoms with Crippen molar-refractivity contribution in [1.29, 1.82) is 0 Å². The third-order valence-corrected chi connectivity index (χ3v) is 4.48. The molecule has 1 amide bonds. The molecule has 0 radical (unpaired) electrons. The fraction of sp³-hybridized carbons (Fsp3) is 0.238. The molecule has 0 saturated heterocycles. The SMILES string of the molecule is COc1ccc(-n2nccc2NC(=O)C(C)c2ccc(C)cc2)cc1OC. The van der Waals surface area contributed by atoms with Crippen molar-refractivity contribution in [2.24, 2.45) is 0 Å². The fourth-order valence-electron chi connectivity index (χ4n) is 2.80. The van der Waals surface area contributed by atoms with Crippen LogP contribution in [0.15, 0.2) is 54.7 Å². The zero-order valence-corrected chi connectivity index (χ0v) is 15.9. The zero-order valence-electron chi connectivity index (χ0n) is 15.9. The van der Waals surface area contributed by atoms with Crippen molar-refractivity contribution in [3.8, 4) is 17.2 Å². The molecule has 2 aromatic carbocycles. The molecule has 0 spiro atoms. The summed E-state index contributed by atoms with van der Waals surface area (Å²) in [5.41, 5.74) is 2.89. The van der Waals surface area contributed by atoms with Crippen LogP contribution in [0.5, 0.6) is 11.5 Å². The monoisotopic (exact) mass is 365 g/mol. The maximum absolute atomic E-state index is 12.7. The van der Waals surface area contributed by atoms with Gasteiger partial charge < -0.3 is 14.8 Å². The van der Waals surface area contributed by atoms with E-state index < -0.39 is 0 Å². The van der Waals surface area contributed by atoms with Crippen molar-refractivity contribution < 1.29 is 14.3 Å². The molecule has 0 aliphatic carbocycles. The Kier molecular flexibility index (Phi) is 5.45. The van der Waals surface area contributed by atoms with E-state index in [1.807, 2.05) is 50.2 Å². The highest BCUT2D eigenvalue weighted by atomic mass is 16.5. The van der Waals surface area contributed by atoms with Crippen LogP contribution in [0.25, 0.3) is 5.69 Å². The number of nitrogens with zero attached hydrogens (tertiary/aromatic N) is 2. The molecule has 3 aromatic rings. The Morgan fingerprint density at radius 2 is 1.74 bits per heavy atom. The van der Waals surface area contributed by atoms with Gasteiger partial charge in [0.2, 0.25) is 5.91 Å². The summed E-state index contributed by atoms with van der Waals surface area (Å²) in [5.74, 6) is 1.44. The molecule has 0 aliphatic heterocycles. The highest BCUT2D eigenvalue weighted by molar-refractivity contribution is 5.95. The third-order valence-electron chi connectivity index (χ3n) is 4.48. The van der Waals surface area contributed by atoms with E-state index in [4.69, 9.17) is 9.47 Å². The predicted octanol–water partition coefficient (Wildman–Crippen LogP) is 3.94. The zero-order chi connectivity index (χ0) is 19.4. The molecule has 140 valence electrons. The van der Waals surface area contributed by atoms with E-state index >= 15 is 0 Å². The molecule has 0 fully saturated rings. The van der Waals surface area contributed by atoms with E-state index in [9.17, 15) is 4.79 Å². The molecule has 3 rings (SSSR count). The lowest BCUT2D eigenvalue weighted by Gasteiger charge is -2.15. The summed E-state index contributed by atoms with van der Waals surface area (Å²) in [4.78, 5) is 12.7. The number of carbonyl (C=O) groups excluding carboxylic acids is 1. The summed E-state index contributed by atoms with van der Waals surface area (Å²) >= 11 is 0. The highest BCUT2D eigenvalue weighted by Gasteiger charge is 2.18. The summed E-state index contributed by atoms with van der Waals surface area (Å²) in [6, 6.07) is 15.2. The first-order valence-electron chi connectivity index (χ1n) is 8.67. The van der Waals surface area contributed by atoms with E-state index in [-0.39, 0.29) is 11.8 Å². The molecule has 1 unspecified atom stereocenters. The number of methoxy groups -OCH3 is 2. The van der Waals surface area contributed by atoms with Crippen LogP contribution in [0.2, 0.25) is 0 Å². The summed E-state index contributed by atoms with van der Waals surface area (Å²) in [5, 5.41) is 7.28. The number of rotatable bonds is 6. The van der Waals surface area contributed by atoms with Crippen molar-refractivity contribution in [1.82, 2.24) is 9.78 Å². The molecule has 1 aromatic heterocycles. The molecule has 6 heteroatoms. The van der Waals surface area contributed by atoms with E-state index in [0.29, 0.717) is 17.3 Å². The third kappa shape index (κ3) is 3.95. The van der Waals surface area contributed by atoms with Gasteiger partial charge in [-0.1, -0.05) is 29.8 Å². The summed E-state index contributed by atoms with van der Waals surface area (Å²) in [7, 11) is 3.17. The number of hydrogen-bond donors (Lipinski definition) is 1. The van der Waals surface area contributed by atoms with Gasteiger partial charge in [-0.05, 0) is 31.5 Å². The van der Waals surface area contributed by atoms with Crippen LogP contribution >= 0.6 is 0 Å². The van der Waals surface area contributed by atoms with Crippen LogP contribution in [-0.4, -0.2) is 29.9 Å². The average molecular weight is 365 g/mol. The number of carbonyl (C=O) groups is 1. The first-order chi connectivity index (χ1) is 13.0. The van der Waals surface area contributed by atoms with Gasteiger partial charge in [0, 0.05) is 12.1 Å². The minimum absolute atomic E-state index is 0.0962. The minimum Gasteiger partial charge on any atom is -0.493 e. The Bertz CT molecular complexity index is 932. The maximum atomic E-state index is 12.7. The number of nitrogens with one attached hydrogen (secondary N) is 1. The maximum Gasteiger partial charge on any atom is 0.232 e.